The van der Waals surface area contributed by atoms with E-state index in [1.807, 2.05) is 0 Å². The molecule has 110 valence electrons. The number of aromatic amines is 2. The van der Waals surface area contributed by atoms with Gasteiger partial charge in [0.05, 0.1) is 18.3 Å². The molecule has 0 saturated carbocycles. The lowest BCUT2D eigenvalue weighted by Crippen LogP contribution is -2.23. The molecular weight excluding hydrogens is 291 g/mol. The molecule has 0 radical (unpaired) electrons. The number of H-pyrrole nitrogens is 2. The average molecular weight is 299 g/mol. The van der Waals surface area contributed by atoms with E-state index < -0.39 is 17.9 Å². The van der Waals surface area contributed by atoms with Crippen LogP contribution < -0.4 is 5.32 Å². The van der Waals surface area contributed by atoms with Crippen LogP contribution in [-0.4, -0.2) is 26.1 Å². The number of fused-ring (bicyclic) bond motifs is 1. The van der Waals surface area contributed by atoms with E-state index in [2.05, 4.69) is 25.5 Å². The third-order valence-corrected chi connectivity index (χ3v) is 2.69. The van der Waals surface area contributed by atoms with Gasteiger partial charge in [0.15, 0.2) is 5.58 Å². The first-order chi connectivity index (χ1) is 9.93. The molecule has 0 aliphatic carbocycles. The third kappa shape index (κ3) is 2.59. The molecule has 3 rings (SSSR count). The fourth-order valence-corrected chi connectivity index (χ4v) is 1.73. The van der Waals surface area contributed by atoms with E-state index in [4.69, 9.17) is 4.42 Å². The predicted molar refractivity (Wildman–Crippen MR) is 63.1 cm³/mol. The van der Waals surface area contributed by atoms with Gasteiger partial charge in [-0.05, 0) is 0 Å². The summed E-state index contributed by atoms with van der Waals surface area (Å²) in [6.07, 6.45) is -3.15. The first-order valence-corrected chi connectivity index (χ1v) is 5.76. The van der Waals surface area contributed by atoms with Crippen LogP contribution in [0.15, 0.2) is 22.8 Å². The molecule has 0 fully saturated rings. The van der Waals surface area contributed by atoms with Crippen LogP contribution >= 0.6 is 0 Å². The second-order valence-electron chi connectivity index (χ2n) is 4.17. The Labute approximate surface area is 114 Å². The van der Waals surface area contributed by atoms with Crippen molar-refractivity contribution in [1.29, 1.82) is 0 Å². The lowest BCUT2D eigenvalue weighted by Gasteiger charge is -2.00. The molecular formula is C11H8F3N5O2. The Kier molecular flexibility index (Phi) is 2.92. The van der Waals surface area contributed by atoms with Crippen molar-refractivity contribution in [3.8, 4) is 0 Å². The SMILES string of the molecule is O=C(NCc1nc(C(F)(F)F)n[nH]1)c1cc2occc2[nH]1. The topological polar surface area (TPSA) is 99.6 Å². The van der Waals surface area contributed by atoms with Crippen molar-refractivity contribution in [2.75, 3.05) is 0 Å². The number of carbonyl (C=O) groups excluding carboxylic acids is 1. The highest BCUT2D eigenvalue weighted by Crippen LogP contribution is 2.25. The van der Waals surface area contributed by atoms with Crippen molar-refractivity contribution in [1.82, 2.24) is 25.5 Å². The number of nitrogens with one attached hydrogen (secondary N) is 3. The number of aromatic nitrogens is 4. The standard InChI is InChI=1S/C11H8F3N5O2/c12-11(13,14)10-17-8(18-19-10)4-15-9(20)6-3-7-5(16-6)1-2-21-7/h1-3,16H,4H2,(H,15,20)(H,17,18,19). The van der Waals surface area contributed by atoms with E-state index in [0.29, 0.717) is 11.1 Å². The van der Waals surface area contributed by atoms with Gasteiger partial charge >= 0.3 is 6.18 Å². The molecule has 0 bridgehead atoms. The fourth-order valence-electron chi connectivity index (χ4n) is 1.73. The second kappa shape index (κ2) is 4.65. The first-order valence-electron chi connectivity index (χ1n) is 5.76. The van der Waals surface area contributed by atoms with Crippen LogP contribution in [0.2, 0.25) is 0 Å². The van der Waals surface area contributed by atoms with Gasteiger partial charge in [0.25, 0.3) is 11.7 Å². The van der Waals surface area contributed by atoms with Gasteiger partial charge in [-0.3, -0.25) is 9.89 Å². The van der Waals surface area contributed by atoms with Crippen LogP contribution in [0.4, 0.5) is 13.2 Å². The van der Waals surface area contributed by atoms with E-state index in [9.17, 15) is 18.0 Å². The lowest BCUT2D eigenvalue weighted by molar-refractivity contribution is -0.144. The fraction of sp³-hybridized carbons (Fsp3) is 0.182. The van der Waals surface area contributed by atoms with Crippen molar-refractivity contribution >= 4 is 17.0 Å². The van der Waals surface area contributed by atoms with E-state index in [1.54, 1.807) is 6.07 Å². The van der Waals surface area contributed by atoms with Crippen molar-refractivity contribution in [3.63, 3.8) is 0 Å². The number of halogens is 3. The Balaban J connectivity index is 1.66. The summed E-state index contributed by atoms with van der Waals surface area (Å²) in [7, 11) is 0. The van der Waals surface area contributed by atoms with Crippen molar-refractivity contribution in [2.45, 2.75) is 12.7 Å². The summed E-state index contributed by atoms with van der Waals surface area (Å²) in [5.74, 6) is -1.86. The number of amides is 1. The molecule has 0 spiro atoms. The highest BCUT2D eigenvalue weighted by Gasteiger charge is 2.36. The Hall–Kier alpha value is -2.78. The number of furan rings is 1. The zero-order valence-corrected chi connectivity index (χ0v) is 10.3. The average Bonchev–Trinajstić information content (AvgIpc) is 3.09. The first kappa shape index (κ1) is 13.2. The van der Waals surface area contributed by atoms with Crippen LogP contribution in [-0.2, 0) is 12.7 Å². The summed E-state index contributed by atoms with van der Waals surface area (Å²) in [6.45, 7) is -0.206. The molecule has 0 unspecified atom stereocenters. The molecule has 10 heteroatoms. The summed E-state index contributed by atoms with van der Waals surface area (Å²) in [5.41, 5.74) is 1.40. The number of alkyl halides is 3. The number of rotatable bonds is 3. The van der Waals surface area contributed by atoms with E-state index in [-0.39, 0.29) is 18.1 Å². The summed E-state index contributed by atoms with van der Waals surface area (Å²) in [6, 6.07) is 3.14. The van der Waals surface area contributed by atoms with E-state index in [0.717, 1.165) is 0 Å². The van der Waals surface area contributed by atoms with Gasteiger partial charge in [-0.25, -0.2) is 4.98 Å². The van der Waals surface area contributed by atoms with Crippen LogP contribution in [0.25, 0.3) is 11.1 Å². The van der Waals surface area contributed by atoms with Crippen LogP contribution in [0.5, 0.6) is 0 Å². The molecule has 0 saturated heterocycles. The Morgan fingerprint density at radius 3 is 2.90 bits per heavy atom. The van der Waals surface area contributed by atoms with Crippen LogP contribution in [0.1, 0.15) is 22.1 Å². The number of nitrogens with zero attached hydrogens (tertiary/aromatic N) is 2. The minimum atomic E-state index is -4.62. The zero-order chi connectivity index (χ0) is 15.0. The minimum absolute atomic E-state index is 0.0917. The number of hydrogen-bond acceptors (Lipinski definition) is 4. The van der Waals surface area contributed by atoms with Crippen molar-refractivity contribution in [2.24, 2.45) is 0 Å². The van der Waals surface area contributed by atoms with E-state index in [1.165, 1.54) is 12.3 Å². The van der Waals surface area contributed by atoms with Crippen LogP contribution in [0.3, 0.4) is 0 Å². The normalized spacial score (nSPS) is 12.0. The Bertz CT molecular complexity index is 757. The maximum absolute atomic E-state index is 12.3. The molecule has 0 atom stereocenters. The number of carbonyl (C=O) groups is 1. The zero-order valence-electron chi connectivity index (χ0n) is 10.3. The predicted octanol–water partition coefficient (Wildman–Crippen LogP) is 1.83. The van der Waals surface area contributed by atoms with Gasteiger partial charge in [-0.2, -0.15) is 13.2 Å². The molecule has 0 aliphatic rings. The quantitative estimate of drug-likeness (QED) is 0.687. The molecule has 7 nitrogen and oxygen atoms in total. The largest absolute Gasteiger partial charge is 0.463 e. The van der Waals surface area contributed by atoms with Crippen LogP contribution in [0, 0.1) is 0 Å². The summed E-state index contributed by atoms with van der Waals surface area (Å²) in [5, 5.41) is 7.56. The summed E-state index contributed by atoms with van der Waals surface area (Å²) >= 11 is 0. The maximum Gasteiger partial charge on any atom is 0.453 e. The second-order valence-corrected chi connectivity index (χ2v) is 4.17. The Morgan fingerprint density at radius 2 is 2.24 bits per heavy atom. The molecule has 3 heterocycles. The molecule has 0 aliphatic heterocycles. The molecule has 1 amide bonds. The van der Waals surface area contributed by atoms with Gasteiger partial charge < -0.3 is 14.7 Å². The molecule has 0 aromatic carbocycles. The highest BCUT2D eigenvalue weighted by atomic mass is 19.4. The van der Waals surface area contributed by atoms with E-state index >= 15 is 0 Å². The highest BCUT2D eigenvalue weighted by molar-refractivity contribution is 5.96. The molecule has 21 heavy (non-hydrogen) atoms. The van der Waals surface area contributed by atoms with Gasteiger partial charge in [0.2, 0.25) is 0 Å². The molecule has 3 N–H and O–H groups in total. The molecule has 3 aromatic rings. The lowest BCUT2D eigenvalue weighted by atomic mass is 10.4. The summed E-state index contributed by atoms with van der Waals surface area (Å²) < 4.78 is 42.0. The summed E-state index contributed by atoms with van der Waals surface area (Å²) in [4.78, 5) is 17.9. The van der Waals surface area contributed by atoms with Gasteiger partial charge in [-0.15, -0.1) is 5.10 Å². The molecule has 3 aromatic heterocycles. The van der Waals surface area contributed by atoms with Crippen molar-refractivity contribution < 1.29 is 22.4 Å². The third-order valence-electron chi connectivity index (χ3n) is 2.69. The maximum atomic E-state index is 12.3. The van der Waals surface area contributed by atoms with Gasteiger partial charge in [0, 0.05) is 12.1 Å². The number of hydrogen-bond donors (Lipinski definition) is 3. The van der Waals surface area contributed by atoms with Gasteiger partial charge in [-0.1, -0.05) is 0 Å². The monoisotopic (exact) mass is 299 g/mol. The Morgan fingerprint density at radius 1 is 1.43 bits per heavy atom. The van der Waals surface area contributed by atoms with Crippen molar-refractivity contribution in [3.05, 3.63) is 35.7 Å². The van der Waals surface area contributed by atoms with Gasteiger partial charge in [0.1, 0.15) is 11.5 Å². The minimum Gasteiger partial charge on any atom is -0.463 e. The smallest absolute Gasteiger partial charge is 0.453 e.